The number of hydrogen-bond acceptors (Lipinski definition) is 4. The van der Waals surface area contributed by atoms with Crippen molar-refractivity contribution in [2.24, 2.45) is 0 Å². The topological polar surface area (TPSA) is 47.8 Å². The maximum Gasteiger partial charge on any atom is 0.496 e. The first-order valence-electron chi connectivity index (χ1n) is 12.3. The van der Waals surface area contributed by atoms with Gasteiger partial charge in [-0.1, -0.05) is 37.5 Å². The van der Waals surface area contributed by atoms with Gasteiger partial charge in [0.1, 0.15) is 17.2 Å². The van der Waals surface area contributed by atoms with Gasteiger partial charge in [0.15, 0.2) is 0 Å². The van der Waals surface area contributed by atoms with Gasteiger partial charge in [-0.05, 0) is 64.2 Å². The van der Waals surface area contributed by atoms with Gasteiger partial charge in [-0.15, -0.1) is 0 Å². The lowest BCUT2D eigenvalue weighted by Gasteiger charge is -2.32. The SMILES string of the molecule is CC1(C)OB(c2ccc3nc(-c4ccc(C(F)(F)F)cc4)c(NC4CCCCC4)n3c2)OC1(C)C. The van der Waals surface area contributed by atoms with Gasteiger partial charge in [0.2, 0.25) is 0 Å². The van der Waals surface area contributed by atoms with Crippen molar-refractivity contribution in [2.75, 3.05) is 5.32 Å². The largest absolute Gasteiger partial charge is 0.496 e. The second-order valence-electron chi connectivity index (χ2n) is 10.6. The number of hydrogen-bond donors (Lipinski definition) is 1. The van der Waals surface area contributed by atoms with Crippen molar-refractivity contribution in [1.29, 1.82) is 0 Å². The Morgan fingerprint density at radius 2 is 1.57 bits per heavy atom. The van der Waals surface area contributed by atoms with Gasteiger partial charge >= 0.3 is 13.3 Å². The maximum atomic E-state index is 13.1. The van der Waals surface area contributed by atoms with E-state index in [2.05, 4.69) is 5.32 Å². The van der Waals surface area contributed by atoms with E-state index in [4.69, 9.17) is 14.3 Å². The summed E-state index contributed by atoms with van der Waals surface area (Å²) in [5, 5.41) is 3.66. The standard InChI is InChI=1S/C26H31BF3N3O2/c1-24(2)25(3,4)35-27(34-24)19-14-15-21-32-22(17-10-12-18(13-11-17)26(28,29)30)23(33(21)16-19)31-20-8-6-5-7-9-20/h10-16,20,31H,5-9H2,1-4H3. The van der Waals surface area contributed by atoms with E-state index >= 15 is 0 Å². The third-order valence-electron chi connectivity index (χ3n) is 7.60. The van der Waals surface area contributed by atoms with Crippen molar-refractivity contribution in [3.8, 4) is 11.3 Å². The van der Waals surface area contributed by atoms with E-state index in [1.807, 2.05) is 50.4 Å². The van der Waals surface area contributed by atoms with Crippen LogP contribution in [-0.4, -0.2) is 33.7 Å². The summed E-state index contributed by atoms with van der Waals surface area (Å²) in [7, 11) is -0.524. The number of rotatable bonds is 4. The average molecular weight is 485 g/mol. The van der Waals surface area contributed by atoms with Gasteiger partial charge in [0.05, 0.1) is 16.8 Å². The highest BCUT2D eigenvalue weighted by Gasteiger charge is 2.51. The molecule has 0 amide bonds. The molecule has 2 aromatic heterocycles. The fourth-order valence-corrected chi connectivity index (χ4v) is 4.78. The van der Waals surface area contributed by atoms with Crippen LogP contribution in [0.1, 0.15) is 65.4 Å². The van der Waals surface area contributed by atoms with Crippen molar-refractivity contribution in [3.05, 3.63) is 48.2 Å². The molecule has 1 N–H and O–H groups in total. The Morgan fingerprint density at radius 3 is 2.17 bits per heavy atom. The number of anilines is 1. The fraction of sp³-hybridized carbons (Fsp3) is 0.500. The average Bonchev–Trinajstić information content (AvgIpc) is 3.26. The van der Waals surface area contributed by atoms with E-state index in [1.54, 1.807) is 0 Å². The highest BCUT2D eigenvalue weighted by molar-refractivity contribution is 6.62. The van der Waals surface area contributed by atoms with Crippen LogP contribution in [0.5, 0.6) is 0 Å². The molecule has 2 fully saturated rings. The van der Waals surface area contributed by atoms with Crippen LogP contribution < -0.4 is 10.8 Å². The summed E-state index contributed by atoms with van der Waals surface area (Å²) < 4.78 is 53.8. The smallest absolute Gasteiger partial charge is 0.399 e. The minimum Gasteiger partial charge on any atom is -0.399 e. The van der Waals surface area contributed by atoms with E-state index in [0.29, 0.717) is 16.9 Å². The molecule has 5 rings (SSSR count). The zero-order valence-corrected chi connectivity index (χ0v) is 20.6. The van der Waals surface area contributed by atoms with Crippen LogP contribution in [0.25, 0.3) is 16.9 Å². The van der Waals surface area contributed by atoms with Crippen LogP contribution in [0.15, 0.2) is 42.6 Å². The van der Waals surface area contributed by atoms with Gasteiger partial charge in [-0.25, -0.2) is 4.98 Å². The van der Waals surface area contributed by atoms with Crippen molar-refractivity contribution >= 4 is 24.0 Å². The molecule has 0 atom stereocenters. The molecule has 2 aliphatic rings. The van der Waals surface area contributed by atoms with Gasteiger partial charge in [-0.2, -0.15) is 13.2 Å². The number of benzene rings is 1. The number of fused-ring (bicyclic) bond motifs is 1. The quantitative estimate of drug-likeness (QED) is 0.457. The molecule has 1 aliphatic heterocycles. The molecular formula is C26H31BF3N3O2. The highest BCUT2D eigenvalue weighted by atomic mass is 19.4. The van der Waals surface area contributed by atoms with Crippen molar-refractivity contribution in [2.45, 2.75) is 83.2 Å². The van der Waals surface area contributed by atoms with Crippen molar-refractivity contribution in [1.82, 2.24) is 9.38 Å². The maximum absolute atomic E-state index is 13.1. The Balaban J connectivity index is 1.57. The van der Waals surface area contributed by atoms with Crippen molar-refractivity contribution in [3.63, 3.8) is 0 Å². The first-order valence-corrected chi connectivity index (χ1v) is 12.3. The molecule has 0 spiro atoms. The van der Waals surface area contributed by atoms with E-state index in [-0.39, 0.29) is 6.04 Å². The number of pyridine rings is 1. The van der Waals surface area contributed by atoms with Gasteiger partial charge < -0.3 is 14.6 Å². The van der Waals surface area contributed by atoms with Crippen molar-refractivity contribution < 1.29 is 22.5 Å². The lowest BCUT2D eigenvalue weighted by molar-refractivity contribution is -0.137. The van der Waals surface area contributed by atoms with E-state index in [1.165, 1.54) is 18.6 Å². The molecule has 1 saturated carbocycles. The Bertz CT molecular complexity index is 1200. The first kappa shape index (κ1) is 24.2. The number of imidazole rings is 1. The molecule has 9 heteroatoms. The summed E-state index contributed by atoms with van der Waals surface area (Å²) in [5.41, 5.74) is 1.24. The molecule has 0 bridgehead atoms. The molecule has 3 aromatic rings. The van der Waals surface area contributed by atoms with Crippen LogP contribution in [0.4, 0.5) is 19.0 Å². The number of halogens is 3. The first-order chi connectivity index (χ1) is 16.4. The minimum atomic E-state index is -4.38. The summed E-state index contributed by atoms with van der Waals surface area (Å²) in [6.07, 6.45) is 3.23. The van der Waals surface area contributed by atoms with Crippen LogP contribution in [0, 0.1) is 0 Å². The minimum absolute atomic E-state index is 0.289. The fourth-order valence-electron chi connectivity index (χ4n) is 4.78. The molecule has 1 aromatic carbocycles. The van der Waals surface area contributed by atoms with Crippen LogP contribution in [0.3, 0.4) is 0 Å². The number of alkyl halides is 3. The summed E-state index contributed by atoms with van der Waals surface area (Å²) in [4.78, 5) is 4.80. The van der Waals surface area contributed by atoms with Crippen LogP contribution in [-0.2, 0) is 15.5 Å². The van der Waals surface area contributed by atoms with Crippen LogP contribution in [0.2, 0.25) is 0 Å². The molecule has 1 aliphatic carbocycles. The number of aromatic nitrogens is 2. The Kier molecular flexibility index (Phi) is 5.91. The molecular weight excluding hydrogens is 454 g/mol. The third-order valence-corrected chi connectivity index (χ3v) is 7.60. The van der Waals surface area contributed by atoms with E-state index < -0.39 is 30.1 Å². The summed E-state index contributed by atoms with van der Waals surface area (Å²) >= 11 is 0. The lowest BCUT2D eigenvalue weighted by atomic mass is 9.80. The second kappa shape index (κ2) is 8.55. The number of nitrogens with zero attached hydrogens (tertiary/aromatic N) is 2. The summed E-state index contributed by atoms with van der Waals surface area (Å²) in [6, 6.07) is 9.33. The Morgan fingerprint density at radius 1 is 0.943 bits per heavy atom. The molecule has 35 heavy (non-hydrogen) atoms. The zero-order chi connectivity index (χ0) is 25.0. The molecule has 1 saturated heterocycles. The van der Waals surface area contributed by atoms with Gasteiger partial charge in [-0.3, -0.25) is 4.40 Å². The van der Waals surface area contributed by atoms with Gasteiger partial charge in [0, 0.05) is 17.8 Å². The molecule has 0 unspecified atom stereocenters. The van der Waals surface area contributed by atoms with E-state index in [0.717, 1.165) is 49.1 Å². The van der Waals surface area contributed by atoms with E-state index in [9.17, 15) is 13.2 Å². The Hall–Kier alpha value is -2.52. The molecule has 3 heterocycles. The highest BCUT2D eigenvalue weighted by Crippen LogP contribution is 2.37. The second-order valence-corrected chi connectivity index (χ2v) is 10.6. The summed E-state index contributed by atoms with van der Waals surface area (Å²) in [6.45, 7) is 8.06. The van der Waals surface area contributed by atoms with Crippen LogP contribution >= 0.6 is 0 Å². The normalized spacial score (nSPS) is 20.5. The third kappa shape index (κ3) is 4.56. The van der Waals surface area contributed by atoms with Gasteiger partial charge in [0.25, 0.3) is 0 Å². The molecule has 0 radical (unpaired) electrons. The number of nitrogens with one attached hydrogen (secondary N) is 1. The predicted octanol–water partition coefficient (Wildman–Crippen LogP) is 6.06. The lowest BCUT2D eigenvalue weighted by Crippen LogP contribution is -2.41. The monoisotopic (exact) mass is 485 g/mol. The predicted molar refractivity (Wildman–Crippen MR) is 132 cm³/mol. The molecule has 186 valence electrons. The summed E-state index contributed by atoms with van der Waals surface area (Å²) in [5.74, 6) is 0.782. The Labute approximate surface area is 204 Å². The zero-order valence-electron chi connectivity index (χ0n) is 20.6. The molecule has 5 nitrogen and oxygen atoms in total.